The molecule has 0 aromatic heterocycles. The number of imide groups is 1. The molecule has 2 N–H and O–H groups in total. The first-order chi connectivity index (χ1) is 15.8. The molecule has 9 heteroatoms. The lowest BCUT2D eigenvalue weighted by Gasteiger charge is -2.17. The summed E-state index contributed by atoms with van der Waals surface area (Å²) >= 11 is 1.03. The highest BCUT2D eigenvalue weighted by molar-refractivity contribution is 8.14. The molecule has 1 saturated heterocycles. The number of hydrogen-bond acceptors (Lipinski definition) is 7. The monoisotopic (exact) mass is 465 g/mol. The summed E-state index contributed by atoms with van der Waals surface area (Å²) in [5, 5.41) is 7.58. The van der Waals surface area contributed by atoms with Gasteiger partial charge in [0.1, 0.15) is 11.0 Å². The summed E-state index contributed by atoms with van der Waals surface area (Å²) in [6, 6.07) is 15.0. The smallest absolute Gasteiger partial charge is 0.248 e. The second-order valence-corrected chi connectivity index (χ2v) is 8.77. The fourth-order valence-electron chi connectivity index (χ4n) is 3.19. The Bertz CT molecular complexity index is 1110. The molecule has 0 saturated carbocycles. The number of anilines is 2. The van der Waals surface area contributed by atoms with Gasteiger partial charge in [-0.1, -0.05) is 42.1 Å². The normalized spacial score (nSPS) is 17.2. The number of amides is 2. The van der Waals surface area contributed by atoms with Gasteiger partial charge in [-0.3, -0.25) is 9.59 Å². The molecule has 1 heterocycles. The Hall–Kier alpha value is -3.59. The summed E-state index contributed by atoms with van der Waals surface area (Å²) < 4.78 is 5.28. The van der Waals surface area contributed by atoms with Crippen molar-refractivity contribution in [2.75, 3.05) is 31.0 Å². The van der Waals surface area contributed by atoms with Crippen LogP contribution in [-0.2, 0) is 9.59 Å². The van der Waals surface area contributed by atoms with E-state index in [4.69, 9.17) is 10.5 Å². The van der Waals surface area contributed by atoms with Crippen LogP contribution >= 0.6 is 11.8 Å². The number of carbonyl (C=O) groups excluding carboxylic acids is 2. The quantitative estimate of drug-likeness (QED) is 0.291. The number of para-hydroxylation sites is 2. The van der Waals surface area contributed by atoms with Crippen molar-refractivity contribution in [1.82, 2.24) is 0 Å². The molecule has 0 aliphatic carbocycles. The van der Waals surface area contributed by atoms with Gasteiger partial charge in [0.15, 0.2) is 5.17 Å². The summed E-state index contributed by atoms with van der Waals surface area (Å²) in [5.74, 6) is -0.207. The highest BCUT2D eigenvalue weighted by Crippen LogP contribution is 2.35. The largest absolute Gasteiger partial charge is 0.495 e. The third kappa shape index (κ3) is 6.01. The van der Waals surface area contributed by atoms with E-state index in [2.05, 4.69) is 10.2 Å². The van der Waals surface area contributed by atoms with E-state index in [0.717, 1.165) is 27.9 Å². The molecule has 0 bridgehead atoms. The van der Waals surface area contributed by atoms with Crippen molar-refractivity contribution in [3.63, 3.8) is 0 Å². The maximum Gasteiger partial charge on any atom is 0.248 e. The van der Waals surface area contributed by atoms with Crippen molar-refractivity contribution < 1.29 is 14.3 Å². The average molecular weight is 466 g/mol. The molecule has 0 radical (unpaired) electrons. The zero-order valence-electron chi connectivity index (χ0n) is 19.1. The molecular weight excluding hydrogens is 438 g/mol. The molecule has 0 spiro atoms. The standard InChI is InChI=1S/C24H27N5O3S/c1-16(9-10-17-11-13-18(14-12-17)28(2)3)26-27-24(25)33-21-15-22(30)29(23(21)31)19-7-5-6-8-20(19)32-4/h5-14,21H,15H2,1-4H3,(H2,25,27)/b10-9+,26-16+. The van der Waals surface area contributed by atoms with E-state index in [-0.39, 0.29) is 23.4 Å². The molecule has 1 aliphatic heterocycles. The van der Waals surface area contributed by atoms with E-state index >= 15 is 0 Å². The lowest BCUT2D eigenvalue weighted by atomic mass is 10.2. The van der Waals surface area contributed by atoms with Crippen LogP contribution in [0.4, 0.5) is 11.4 Å². The van der Waals surface area contributed by atoms with E-state index in [1.54, 1.807) is 31.2 Å². The third-order valence-corrected chi connectivity index (χ3v) is 5.90. The minimum atomic E-state index is -0.660. The second kappa shape index (κ2) is 10.8. The number of amidine groups is 1. The minimum absolute atomic E-state index is 0.0311. The van der Waals surface area contributed by atoms with Crippen molar-refractivity contribution in [1.29, 1.82) is 0 Å². The van der Waals surface area contributed by atoms with E-state index in [0.29, 0.717) is 17.1 Å². The predicted molar refractivity (Wildman–Crippen MR) is 136 cm³/mol. The van der Waals surface area contributed by atoms with Crippen molar-refractivity contribution in [2.24, 2.45) is 15.9 Å². The van der Waals surface area contributed by atoms with Crippen LogP contribution in [0.25, 0.3) is 6.08 Å². The Morgan fingerprint density at radius 2 is 1.85 bits per heavy atom. The van der Waals surface area contributed by atoms with E-state index in [1.807, 2.05) is 55.4 Å². The van der Waals surface area contributed by atoms with Crippen molar-refractivity contribution >= 4 is 51.9 Å². The van der Waals surface area contributed by atoms with E-state index in [9.17, 15) is 9.59 Å². The lowest BCUT2D eigenvalue weighted by molar-refractivity contribution is -0.121. The number of allylic oxidation sites excluding steroid dienone is 1. The first-order valence-corrected chi connectivity index (χ1v) is 11.2. The number of nitrogens with two attached hydrogens (primary N) is 1. The summed E-state index contributed by atoms with van der Waals surface area (Å²) in [6.45, 7) is 1.81. The van der Waals surface area contributed by atoms with Crippen molar-refractivity contribution in [3.05, 3.63) is 60.2 Å². The van der Waals surface area contributed by atoms with Crippen LogP contribution in [0.3, 0.4) is 0 Å². The molecule has 172 valence electrons. The molecule has 8 nitrogen and oxygen atoms in total. The number of hydrogen-bond donors (Lipinski definition) is 1. The number of carbonyl (C=O) groups is 2. The molecule has 2 amide bonds. The first-order valence-electron chi connectivity index (χ1n) is 10.3. The third-order valence-electron chi connectivity index (χ3n) is 4.93. The number of ether oxygens (including phenoxy) is 1. The Balaban J connectivity index is 1.63. The topological polar surface area (TPSA) is 101 Å². The average Bonchev–Trinajstić information content (AvgIpc) is 3.08. The van der Waals surface area contributed by atoms with Crippen LogP contribution in [0.5, 0.6) is 5.75 Å². The van der Waals surface area contributed by atoms with Gasteiger partial charge in [-0.25, -0.2) is 4.90 Å². The number of thioether (sulfide) groups is 1. The first kappa shape index (κ1) is 24.1. The number of rotatable bonds is 7. The van der Waals surface area contributed by atoms with Crippen molar-refractivity contribution in [3.8, 4) is 5.75 Å². The Morgan fingerprint density at radius 3 is 2.52 bits per heavy atom. The van der Waals surface area contributed by atoms with Gasteiger partial charge < -0.3 is 15.4 Å². The van der Waals surface area contributed by atoms with Crippen LogP contribution in [-0.4, -0.2) is 49.1 Å². The molecule has 1 atom stereocenters. The maximum atomic E-state index is 12.9. The molecule has 2 aromatic carbocycles. The van der Waals surface area contributed by atoms with Crippen LogP contribution < -0.4 is 20.3 Å². The molecule has 1 unspecified atom stereocenters. The molecule has 1 aliphatic rings. The maximum absolute atomic E-state index is 12.9. The zero-order chi connectivity index (χ0) is 24.0. The molecule has 3 rings (SSSR count). The second-order valence-electron chi connectivity index (χ2n) is 7.55. The van der Waals surface area contributed by atoms with Gasteiger partial charge in [0.05, 0.1) is 18.5 Å². The molecule has 1 fully saturated rings. The van der Waals surface area contributed by atoms with E-state index < -0.39 is 5.25 Å². The SMILES string of the molecule is COc1ccccc1N1C(=O)CC(SC(N)=N/N=C(C)/C=C/c2ccc(N(C)C)cc2)C1=O. The van der Waals surface area contributed by atoms with Crippen LogP contribution in [0.2, 0.25) is 0 Å². The Kier molecular flexibility index (Phi) is 7.89. The Labute approximate surface area is 197 Å². The minimum Gasteiger partial charge on any atom is -0.495 e. The van der Waals surface area contributed by atoms with Gasteiger partial charge in [-0.2, -0.15) is 5.10 Å². The van der Waals surface area contributed by atoms with E-state index in [1.165, 1.54) is 7.11 Å². The fraction of sp³-hybridized carbons (Fsp3) is 0.250. The number of nitrogens with zero attached hydrogens (tertiary/aromatic N) is 4. The van der Waals surface area contributed by atoms with Gasteiger partial charge >= 0.3 is 0 Å². The molecular formula is C24H27N5O3S. The van der Waals surface area contributed by atoms with Gasteiger partial charge in [-0.15, -0.1) is 5.10 Å². The summed E-state index contributed by atoms with van der Waals surface area (Å²) in [6.07, 6.45) is 3.80. The highest BCUT2D eigenvalue weighted by Gasteiger charge is 2.41. The Morgan fingerprint density at radius 1 is 1.15 bits per heavy atom. The molecule has 33 heavy (non-hydrogen) atoms. The van der Waals surface area contributed by atoms with Gasteiger partial charge in [0, 0.05) is 26.2 Å². The number of methoxy groups -OCH3 is 1. The summed E-state index contributed by atoms with van der Waals surface area (Å²) in [5.41, 5.74) is 9.20. The van der Waals surface area contributed by atoms with Crippen LogP contribution in [0, 0.1) is 0 Å². The lowest BCUT2D eigenvalue weighted by Crippen LogP contribution is -2.32. The van der Waals surface area contributed by atoms with Crippen LogP contribution in [0.1, 0.15) is 18.9 Å². The predicted octanol–water partition coefficient (Wildman–Crippen LogP) is 3.53. The van der Waals surface area contributed by atoms with Crippen molar-refractivity contribution in [2.45, 2.75) is 18.6 Å². The van der Waals surface area contributed by atoms with Gasteiger partial charge in [0.2, 0.25) is 11.8 Å². The fourth-order valence-corrected chi connectivity index (χ4v) is 4.01. The highest BCUT2D eigenvalue weighted by atomic mass is 32.2. The van der Waals surface area contributed by atoms with Crippen LogP contribution in [0.15, 0.2) is 64.8 Å². The zero-order valence-corrected chi connectivity index (χ0v) is 19.9. The summed E-state index contributed by atoms with van der Waals surface area (Å²) in [4.78, 5) is 28.5. The number of benzene rings is 2. The molecule has 2 aromatic rings. The van der Waals surface area contributed by atoms with Gasteiger partial charge in [0.25, 0.3) is 0 Å². The van der Waals surface area contributed by atoms with Gasteiger partial charge in [-0.05, 0) is 42.8 Å². The summed E-state index contributed by atoms with van der Waals surface area (Å²) in [7, 11) is 5.48.